The normalized spacial score (nSPS) is 11.9. The zero-order chi connectivity index (χ0) is 29.1. The van der Waals surface area contributed by atoms with E-state index in [2.05, 4.69) is 32.9 Å². The van der Waals surface area contributed by atoms with Crippen molar-refractivity contribution >= 4 is 27.5 Å². The first-order valence-corrected chi connectivity index (χ1v) is 14.0. The predicted molar refractivity (Wildman–Crippen MR) is 158 cm³/mol. The second kappa shape index (κ2) is 12.2. The molecule has 0 aliphatic heterocycles. The topological polar surface area (TPSA) is 110 Å². The minimum Gasteiger partial charge on any atom is -0.712 e. The van der Waals surface area contributed by atoms with Crippen LogP contribution in [0.4, 0.5) is 4.39 Å². The summed E-state index contributed by atoms with van der Waals surface area (Å²) in [7, 11) is 0. The second-order valence-electron chi connectivity index (χ2n) is 9.41. The number of hydrogen-bond acceptors (Lipinski definition) is 5. The quantitative estimate of drug-likeness (QED) is 0.193. The van der Waals surface area contributed by atoms with Crippen LogP contribution >= 0.6 is 27.5 Å². The molecule has 3 heterocycles. The lowest BCUT2D eigenvalue weighted by atomic mass is 10.00. The summed E-state index contributed by atoms with van der Waals surface area (Å²) in [5.41, 5.74) is 4.43. The van der Waals surface area contributed by atoms with E-state index in [0.29, 0.717) is 34.4 Å². The Morgan fingerprint density at radius 2 is 1.83 bits per heavy atom. The molecule has 1 atom stereocenters. The Morgan fingerprint density at radius 3 is 2.56 bits per heavy atom. The first-order valence-electron chi connectivity index (χ1n) is 12.9. The summed E-state index contributed by atoms with van der Waals surface area (Å²) in [5.74, 6) is -0.462. The molecule has 0 radical (unpaired) electrons. The zero-order valence-corrected chi connectivity index (χ0v) is 24.6. The van der Waals surface area contributed by atoms with Crippen molar-refractivity contribution in [3.63, 3.8) is 0 Å². The molecule has 0 unspecified atom stereocenters. The average molecular weight is 641 g/mol. The highest BCUT2D eigenvalue weighted by atomic mass is 79.9. The van der Waals surface area contributed by atoms with Gasteiger partial charge in [0.05, 0.1) is 34.6 Å². The van der Waals surface area contributed by atoms with Gasteiger partial charge in [0.2, 0.25) is 5.75 Å². The highest BCUT2D eigenvalue weighted by Crippen LogP contribution is 2.33. The summed E-state index contributed by atoms with van der Waals surface area (Å²) in [6, 6.07) is 19.6. The Morgan fingerprint density at radius 1 is 1.05 bits per heavy atom. The smallest absolute Gasteiger partial charge is 0.323 e. The summed E-state index contributed by atoms with van der Waals surface area (Å²) < 4.78 is 24.8. The number of benzene rings is 2. The average Bonchev–Trinajstić information content (AvgIpc) is 3.51. The summed E-state index contributed by atoms with van der Waals surface area (Å²) in [6.07, 6.45) is 1.45. The second-order valence-corrected chi connectivity index (χ2v) is 10.7. The molecule has 41 heavy (non-hydrogen) atoms. The molecule has 2 aromatic carbocycles. The molecule has 0 saturated carbocycles. The van der Waals surface area contributed by atoms with Crippen molar-refractivity contribution in [2.75, 3.05) is 0 Å². The lowest BCUT2D eigenvalue weighted by molar-refractivity contribution is 0.221. The fraction of sp³-hybridized carbons (Fsp3) is 0.207. The van der Waals surface area contributed by atoms with Crippen molar-refractivity contribution in [1.82, 2.24) is 29.4 Å². The van der Waals surface area contributed by atoms with Gasteiger partial charge in [-0.3, -0.25) is 14.3 Å². The van der Waals surface area contributed by atoms with Crippen LogP contribution in [-0.4, -0.2) is 24.5 Å². The number of aromatic amines is 1. The molecule has 212 valence electrons. The van der Waals surface area contributed by atoms with E-state index in [4.69, 9.17) is 21.4 Å². The van der Waals surface area contributed by atoms with Gasteiger partial charge in [-0.25, -0.2) is 9.37 Å². The summed E-state index contributed by atoms with van der Waals surface area (Å²) in [6.45, 7) is 4.71. The highest BCUT2D eigenvalue weighted by molar-refractivity contribution is 9.10. The Labute approximate surface area is 248 Å². The van der Waals surface area contributed by atoms with Crippen LogP contribution in [0.15, 0.2) is 77.4 Å². The lowest BCUT2D eigenvalue weighted by Crippen LogP contribution is -2.25. The zero-order valence-electron chi connectivity index (χ0n) is 22.2. The fourth-order valence-corrected chi connectivity index (χ4v) is 5.13. The molecule has 9 nitrogen and oxygen atoms in total. The molecule has 0 amide bonds. The molecule has 5 rings (SSSR count). The molecule has 3 aromatic heterocycles. The van der Waals surface area contributed by atoms with Crippen LogP contribution in [0, 0.1) is 16.2 Å². The first-order chi connectivity index (χ1) is 19.7. The van der Waals surface area contributed by atoms with Gasteiger partial charge < -0.3 is 15.2 Å². The summed E-state index contributed by atoms with van der Waals surface area (Å²) >= 11 is 9.71. The van der Waals surface area contributed by atoms with E-state index in [9.17, 15) is 14.8 Å². The van der Waals surface area contributed by atoms with Crippen LogP contribution in [0.5, 0.6) is 5.75 Å². The molecule has 1 N–H and O–H groups in total. The van der Waals surface area contributed by atoms with Gasteiger partial charge in [-0.2, -0.15) is 10.2 Å². The molecule has 12 heteroatoms. The van der Waals surface area contributed by atoms with E-state index in [1.165, 1.54) is 24.4 Å². The third kappa shape index (κ3) is 6.47. The third-order valence-electron chi connectivity index (χ3n) is 6.58. The molecule has 5 aromatic rings. The van der Waals surface area contributed by atoms with E-state index in [-0.39, 0.29) is 16.4 Å². The standard InChI is InChI=1S/C29H26BrClFN6O3/c1-3-22-13-23(36(34-22)16-19-7-5-4-6-8-19)17-37-26(14-28(31)35-37)24-10-9-21(32)12-25(24)18(2)41-27-11-20(30)15-33-29(27)38(39)40/h4-15,18,33H,3,16-17H2,1-2H3/q-1/t18-/m1/s1. The number of pyridine rings is 1. The predicted octanol–water partition coefficient (Wildman–Crippen LogP) is 6.20. The van der Waals surface area contributed by atoms with Crippen LogP contribution in [0.25, 0.3) is 11.3 Å². The SMILES string of the molecule is CCc1cc(Cn2nc(Cl)cc2-c2ccc(F)cc2[C@@H](C)Oc2cc(Br)c[nH]c2=[N+]([O-])[O-])n(Cc2ccccc2)n1. The van der Waals surface area contributed by atoms with E-state index in [1.54, 1.807) is 23.7 Å². The van der Waals surface area contributed by atoms with Gasteiger partial charge in [0, 0.05) is 23.3 Å². The number of halogens is 3. The van der Waals surface area contributed by atoms with Crippen LogP contribution in [0.2, 0.25) is 5.15 Å². The maximum Gasteiger partial charge on any atom is 0.323 e. The Bertz CT molecular complexity index is 1750. The number of H-pyrrole nitrogens is 1. The van der Waals surface area contributed by atoms with Crippen LogP contribution in [-0.2, 0) is 19.5 Å². The minimum absolute atomic E-state index is 0.00975. The number of hydrogen-bond donors (Lipinski definition) is 1. The van der Waals surface area contributed by atoms with Crippen molar-refractivity contribution in [1.29, 1.82) is 0 Å². The van der Waals surface area contributed by atoms with Gasteiger partial charge >= 0.3 is 5.49 Å². The van der Waals surface area contributed by atoms with Crippen molar-refractivity contribution in [3.05, 3.63) is 127 Å². The van der Waals surface area contributed by atoms with Crippen LogP contribution < -0.4 is 15.1 Å². The number of aryl methyl sites for hydroxylation is 1. The van der Waals surface area contributed by atoms with Crippen molar-refractivity contribution in [2.45, 2.75) is 39.5 Å². The van der Waals surface area contributed by atoms with Crippen molar-refractivity contribution < 1.29 is 9.13 Å². The fourth-order valence-electron chi connectivity index (χ4n) is 4.62. The molecule has 0 aliphatic carbocycles. The Kier molecular flexibility index (Phi) is 8.46. The highest BCUT2D eigenvalue weighted by Gasteiger charge is 2.21. The Balaban J connectivity index is 1.53. The van der Waals surface area contributed by atoms with Gasteiger partial charge in [0.25, 0.3) is 0 Å². The minimum atomic E-state index is -0.764. The third-order valence-corrected chi connectivity index (χ3v) is 7.22. The van der Waals surface area contributed by atoms with Crippen LogP contribution in [0.1, 0.15) is 42.5 Å². The molecule has 0 bridgehead atoms. The van der Waals surface area contributed by atoms with Gasteiger partial charge in [0.1, 0.15) is 18.1 Å². The Hall–Kier alpha value is -4.09. The number of aromatic nitrogens is 5. The first kappa shape index (κ1) is 28.4. The largest absolute Gasteiger partial charge is 0.712 e. The molecule has 0 saturated heterocycles. The molecular weight excluding hydrogens is 615 g/mol. The van der Waals surface area contributed by atoms with E-state index in [1.807, 2.05) is 41.1 Å². The number of nitrogens with zero attached hydrogens (tertiary/aromatic N) is 5. The van der Waals surface area contributed by atoms with E-state index >= 15 is 0 Å². The number of rotatable bonds is 9. The van der Waals surface area contributed by atoms with Gasteiger partial charge in [-0.1, -0.05) is 48.9 Å². The van der Waals surface area contributed by atoms with Crippen molar-refractivity contribution in [2.24, 2.45) is 0 Å². The maximum absolute atomic E-state index is 14.6. The lowest BCUT2D eigenvalue weighted by Gasteiger charge is -2.20. The summed E-state index contributed by atoms with van der Waals surface area (Å²) in [4.78, 5) is 2.03. The van der Waals surface area contributed by atoms with Gasteiger partial charge in [-0.05, 0) is 59.1 Å². The molecule has 0 aliphatic rings. The molecular formula is C29H26BrClFN6O3-. The molecule has 0 spiro atoms. The van der Waals surface area contributed by atoms with Gasteiger partial charge in [-0.15, -0.1) is 0 Å². The van der Waals surface area contributed by atoms with Gasteiger partial charge in [0.15, 0.2) is 5.15 Å². The maximum atomic E-state index is 14.6. The summed E-state index contributed by atoms with van der Waals surface area (Å²) in [5, 5.41) is 32.7. The van der Waals surface area contributed by atoms with Crippen molar-refractivity contribution in [3.8, 4) is 17.0 Å². The van der Waals surface area contributed by atoms with Crippen LogP contribution in [0.3, 0.4) is 0 Å². The molecule has 0 fully saturated rings. The monoisotopic (exact) mass is 639 g/mol. The van der Waals surface area contributed by atoms with E-state index in [0.717, 1.165) is 23.4 Å². The number of nitrogens with one attached hydrogen (secondary N) is 1. The van der Waals surface area contributed by atoms with E-state index < -0.39 is 16.8 Å². The number of ether oxygens (including phenoxy) is 1.